The molecule has 0 aromatic heterocycles. The number of hydrogen-bond donors (Lipinski definition) is 1. The van der Waals surface area contributed by atoms with E-state index < -0.39 is 12.1 Å². The van der Waals surface area contributed by atoms with Gasteiger partial charge in [0.05, 0.1) is 0 Å². The molecule has 0 radical (unpaired) electrons. The lowest BCUT2D eigenvalue weighted by molar-refractivity contribution is -0.127. The number of nitrogens with zero attached hydrogens (tertiary/aromatic N) is 4. The van der Waals surface area contributed by atoms with Gasteiger partial charge in [0.2, 0.25) is 5.91 Å². The van der Waals surface area contributed by atoms with Crippen molar-refractivity contribution >= 4 is 24.2 Å². The normalized spacial score (nSPS) is 19.9. The van der Waals surface area contributed by atoms with Crippen molar-refractivity contribution < 1.29 is 9.59 Å². The number of carbonyl (C=O) groups is 2. The number of rotatable bonds is 8. The van der Waals surface area contributed by atoms with Gasteiger partial charge >= 0.3 is 0 Å². The van der Waals surface area contributed by atoms with E-state index in [0.717, 1.165) is 19.3 Å². The van der Waals surface area contributed by atoms with Crippen LogP contribution in [0.2, 0.25) is 0 Å². The van der Waals surface area contributed by atoms with Gasteiger partial charge in [0, 0.05) is 30.0 Å². The predicted octanol–water partition coefficient (Wildman–Crippen LogP) is 2.77. The van der Waals surface area contributed by atoms with Gasteiger partial charge in [0.25, 0.3) is 5.91 Å². The van der Waals surface area contributed by atoms with Crippen molar-refractivity contribution in [3.05, 3.63) is 54.3 Å². The minimum absolute atomic E-state index is 0.137. The van der Waals surface area contributed by atoms with E-state index in [1.54, 1.807) is 24.3 Å². The van der Waals surface area contributed by atoms with E-state index in [-0.39, 0.29) is 17.9 Å². The predicted molar refractivity (Wildman–Crippen MR) is 117 cm³/mol. The van der Waals surface area contributed by atoms with Crippen LogP contribution in [0.1, 0.15) is 32.6 Å². The Morgan fingerprint density at radius 1 is 1.33 bits per heavy atom. The Morgan fingerprint density at radius 2 is 2.07 bits per heavy atom. The molecule has 3 rings (SSSR count). The van der Waals surface area contributed by atoms with Crippen molar-refractivity contribution in [2.24, 2.45) is 4.99 Å². The second kappa shape index (κ2) is 9.88. The Morgan fingerprint density at radius 3 is 2.67 bits per heavy atom. The van der Waals surface area contributed by atoms with E-state index in [0.29, 0.717) is 24.2 Å². The van der Waals surface area contributed by atoms with Crippen molar-refractivity contribution in [1.29, 1.82) is 5.26 Å². The first kappa shape index (κ1) is 21.3. The fourth-order valence-electron chi connectivity index (χ4n) is 3.72. The van der Waals surface area contributed by atoms with Gasteiger partial charge in [-0.2, -0.15) is 5.26 Å². The second-order valence-electron chi connectivity index (χ2n) is 7.49. The first-order chi connectivity index (χ1) is 14.6. The van der Waals surface area contributed by atoms with Crippen molar-refractivity contribution in [2.75, 3.05) is 11.4 Å². The SMILES string of the molecule is C=N/C=C(\C=C/C)C(C(=O)NC1CC1)N(C(=O)C1CCCN1C#N)c1ccccc1. The molecule has 30 heavy (non-hydrogen) atoms. The maximum atomic E-state index is 13.7. The molecule has 1 aliphatic carbocycles. The van der Waals surface area contributed by atoms with Crippen LogP contribution in [-0.4, -0.2) is 48.1 Å². The van der Waals surface area contributed by atoms with Crippen LogP contribution >= 0.6 is 0 Å². The van der Waals surface area contributed by atoms with Crippen LogP contribution in [0.4, 0.5) is 5.69 Å². The minimum atomic E-state index is -0.914. The fraction of sp³-hybridized carbons (Fsp3) is 0.391. The Kier molecular flexibility index (Phi) is 7.02. The maximum Gasteiger partial charge on any atom is 0.251 e. The Hall–Kier alpha value is -3.40. The average molecular weight is 406 g/mol. The van der Waals surface area contributed by atoms with Gasteiger partial charge in [-0.3, -0.25) is 24.4 Å². The molecule has 0 spiro atoms. The summed E-state index contributed by atoms with van der Waals surface area (Å²) >= 11 is 0. The summed E-state index contributed by atoms with van der Waals surface area (Å²) in [5, 5.41) is 12.5. The zero-order valence-electron chi connectivity index (χ0n) is 17.2. The molecule has 1 aliphatic heterocycles. The van der Waals surface area contributed by atoms with Crippen molar-refractivity contribution in [2.45, 2.75) is 50.7 Å². The van der Waals surface area contributed by atoms with Gasteiger partial charge < -0.3 is 5.32 Å². The number of anilines is 1. The maximum absolute atomic E-state index is 13.7. The molecule has 7 nitrogen and oxygen atoms in total. The number of benzene rings is 1. The van der Waals surface area contributed by atoms with Crippen molar-refractivity contribution in [3.63, 3.8) is 0 Å². The molecule has 1 aromatic rings. The molecule has 1 saturated heterocycles. The first-order valence-electron chi connectivity index (χ1n) is 10.2. The van der Waals surface area contributed by atoms with Crippen LogP contribution in [0.25, 0.3) is 0 Å². The van der Waals surface area contributed by atoms with Crippen molar-refractivity contribution in [3.8, 4) is 6.19 Å². The first-order valence-corrected chi connectivity index (χ1v) is 10.2. The summed E-state index contributed by atoms with van der Waals surface area (Å²) in [6.07, 6.45) is 10.4. The number of nitrogens with one attached hydrogen (secondary N) is 1. The highest BCUT2D eigenvalue weighted by Gasteiger charge is 2.41. The molecule has 2 aliphatic rings. The molecule has 1 N–H and O–H groups in total. The van der Waals surface area contributed by atoms with E-state index >= 15 is 0 Å². The topological polar surface area (TPSA) is 88.8 Å². The summed E-state index contributed by atoms with van der Waals surface area (Å²) in [5.74, 6) is -0.528. The van der Waals surface area contributed by atoms with Gasteiger partial charge in [-0.05, 0) is 51.5 Å². The van der Waals surface area contributed by atoms with Crippen LogP contribution in [0, 0.1) is 11.5 Å². The number of para-hydroxylation sites is 1. The lowest BCUT2D eigenvalue weighted by atomic mass is 10.0. The molecular formula is C23H27N5O2. The fourth-order valence-corrected chi connectivity index (χ4v) is 3.72. The monoisotopic (exact) mass is 405 g/mol. The number of allylic oxidation sites excluding steroid dienone is 1. The van der Waals surface area contributed by atoms with E-state index in [1.165, 1.54) is 16.0 Å². The number of likely N-dealkylation sites (tertiary alicyclic amines) is 1. The zero-order valence-corrected chi connectivity index (χ0v) is 17.2. The van der Waals surface area contributed by atoms with E-state index in [9.17, 15) is 14.9 Å². The summed E-state index contributed by atoms with van der Waals surface area (Å²) in [7, 11) is 0. The van der Waals surface area contributed by atoms with Gasteiger partial charge in [-0.1, -0.05) is 30.4 Å². The Balaban J connectivity index is 2.09. The highest BCUT2D eigenvalue weighted by atomic mass is 16.2. The Bertz CT molecular complexity index is 883. The van der Waals surface area contributed by atoms with E-state index in [4.69, 9.17) is 0 Å². The van der Waals surface area contributed by atoms with Crippen LogP contribution < -0.4 is 10.2 Å². The third kappa shape index (κ3) is 4.77. The minimum Gasteiger partial charge on any atom is -0.351 e. The molecule has 2 amide bonds. The smallest absolute Gasteiger partial charge is 0.251 e. The number of nitriles is 1. The third-order valence-electron chi connectivity index (χ3n) is 5.28. The quantitative estimate of drug-likeness (QED) is 0.409. The molecule has 2 fully saturated rings. The molecule has 7 heteroatoms. The Labute approximate surface area is 177 Å². The number of amides is 2. The molecule has 2 unspecified atom stereocenters. The highest BCUT2D eigenvalue weighted by molar-refractivity contribution is 6.05. The average Bonchev–Trinajstić information content (AvgIpc) is 3.43. The van der Waals surface area contributed by atoms with E-state index in [2.05, 4.69) is 23.2 Å². The van der Waals surface area contributed by atoms with Gasteiger partial charge in [-0.15, -0.1) is 0 Å². The summed E-state index contributed by atoms with van der Waals surface area (Å²) in [4.78, 5) is 34.0. The number of aliphatic imine (C=N–C) groups is 1. The van der Waals surface area contributed by atoms with Gasteiger partial charge in [0.15, 0.2) is 6.19 Å². The summed E-state index contributed by atoms with van der Waals surface area (Å²) in [6.45, 7) is 5.92. The summed E-state index contributed by atoms with van der Waals surface area (Å²) in [6, 6.07) is 7.75. The molecule has 1 heterocycles. The lowest BCUT2D eigenvalue weighted by Gasteiger charge is -2.34. The number of carbonyl (C=O) groups excluding carboxylic acids is 2. The highest BCUT2D eigenvalue weighted by Crippen LogP contribution is 2.28. The molecule has 2 atom stereocenters. The summed E-state index contributed by atoms with van der Waals surface area (Å²) in [5.41, 5.74) is 1.16. The molecular weight excluding hydrogens is 378 g/mol. The van der Waals surface area contributed by atoms with Gasteiger partial charge in [-0.25, -0.2) is 0 Å². The number of hydrogen-bond acceptors (Lipinski definition) is 5. The third-order valence-corrected chi connectivity index (χ3v) is 5.28. The standard InChI is InChI=1S/C23H27N5O2/c1-3-8-17(15-25-2)21(22(29)26-18-12-13-18)28(19-9-5-4-6-10-19)23(30)20-11-7-14-27(20)16-24/h3-6,8-10,15,18,20-21H,2,7,11-14H2,1H3,(H,26,29)/b8-3-,17-15+. The molecule has 156 valence electrons. The zero-order chi connectivity index (χ0) is 21.5. The van der Waals surface area contributed by atoms with Gasteiger partial charge in [0.1, 0.15) is 12.1 Å². The largest absolute Gasteiger partial charge is 0.351 e. The molecule has 1 aromatic carbocycles. The van der Waals surface area contributed by atoms with Crippen LogP contribution in [0.15, 0.2) is 59.2 Å². The summed E-state index contributed by atoms with van der Waals surface area (Å²) < 4.78 is 0. The van der Waals surface area contributed by atoms with E-state index in [1.807, 2.05) is 25.1 Å². The molecule has 0 bridgehead atoms. The van der Waals surface area contributed by atoms with Crippen molar-refractivity contribution in [1.82, 2.24) is 10.2 Å². The van der Waals surface area contributed by atoms with Crippen LogP contribution in [0.3, 0.4) is 0 Å². The van der Waals surface area contributed by atoms with Crippen LogP contribution in [-0.2, 0) is 9.59 Å². The molecule has 1 saturated carbocycles. The van der Waals surface area contributed by atoms with Crippen LogP contribution in [0.5, 0.6) is 0 Å². The second-order valence-corrected chi connectivity index (χ2v) is 7.49. The lowest BCUT2D eigenvalue weighted by Crippen LogP contribution is -2.55.